The lowest BCUT2D eigenvalue weighted by Crippen LogP contribution is -2.34. The summed E-state index contributed by atoms with van der Waals surface area (Å²) in [4.78, 5) is 12.1. The van der Waals surface area contributed by atoms with Gasteiger partial charge in [0, 0.05) is 24.4 Å². The summed E-state index contributed by atoms with van der Waals surface area (Å²) in [5.74, 6) is 0.0463. The van der Waals surface area contributed by atoms with Crippen LogP contribution in [0.25, 0.3) is 10.9 Å². The van der Waals surface area contributed by atoms with E-state index in [9.17, 15) is 4.79 Å². The number of ether oxygens (including phenoxy) is 1. The lowest BCUT2D eigenvalue weighted by atomic mass is 10.2. The Bertz CT molecular complexity index is 612. The summed E-state index contributed by atoms with van der Waals surface area (Å²) in [7, 11) is 0. The number of benzene rings is 1. The van der Waals surface area contributed by atoms with Crippen molar-refractivity contribution in [3.05, 3.63) is 36.0 Å². The maximum absolute atomic E-state index is 12.1. The second kappa shape index (κ2) is 5.67. The quantitative estimate of drug-likeness (QED) is 0.927. The van der Waals surface area contributed by atoms with Gasteiger partial charge < -0.3 is 14.6 Å². The van der Waals surface area contributed by atoms with E-state index in [0.717, 1.165) is 30.7 Å². The van der Waals surface area contributed by atoms with Crippen LogP contribution < -0.4 is 5.32 Å². The largest absolute Gasteiger partial charge is 0.376 e. The highest BCUT2D eigenvalue weighted by atomic mass is 16.5. The van der Waals surface area contributed by atoms with E-state index < -0.39 is 0 Å². The van der Waals surface area contributed by atoms with Gasteiger partial charge in [0.2, 0.25) is 5.91 Å². The van der Waals surface area contributed by atoms with Crippen molar-refractivity contribution in [2.24, 2.45) is 0 Å². The summed E-state index contributed by atoms with van der Waals surface area (Å²) in [6, 6.07) is 10.3. The van der Waals surface area contributed by atoms with Crippen LogP contribution in [0.2, 0.25) is 0 Å². The third kappa shape index (κ3) is 2.70. The fraction of sp³-hybridized carbons (Fsp3) is 0.438. The number of fused-ring (bicyclic) bond motifs is 1. The number of para-hydroxylation sites is 1. The third-order valence-electron chi connectivity index (χ3n) is 3.87. The van der Waals surface area contributed by atoms with Gasteiger partial charge in [0.1, 0.15) is 6.54 Å². The molecule has 0 spiro atoms. The molecule has 0 aliphatic carbocycles. The van der Waals surface area contributed by atoms with E-state index in [2.05, 4.69) is 28.1 Å². The molecule has 0 unspecified atom stereocenters. The summed E-state index contributed by atoms with van der Waals surface area (Å²) in [5.41, 5.74) is 2.22. The van der Waals surface area contributed by atoms with Crippen molar-refractivity contribution in [3.8, 4) is 0 Å². The number of aryl methyl sites for hydroxylation is 1. The van der Waals surface area contributed by atoms with Crippen LogP contribution in [0, 0.1) is 6.92 Å². The smallest absolute Gasteiger partial charge is 0.240 e. The standard InChI is InChI=1S/C16H20N2O2/c1-12-9-13-5-2-3-7-15(13)18(12)11-16(19)17-10-14-6-4-8-20-14/h2-3,5,7,9,14H,4,6,8,10-11H2,1H3,(H,17,19)/t14-/m1/s1. The van der Waals surface area contributed by atoms with Gasteiger partial charge in [-0.15, -0.1) is 0 Å². The van der Waals surface area contributed by atoms with E-state index in [-0.39, 0.29) is 12.0 Å². The van der Waals surface area contributed by atoms with Crippen LogP contribution in [0.1, 0.15) is 18.5 Å². The van der Waals surface area contributed by atoms with E-state index in [1.54, 1.807) is 0 Å². The van der Waals surface area contributed by atoms with E-state index >= 15 is 0 Å². The van der Waals surface area contributed by atoms with Crippen LogP contribution in [-0.4, -0.2) is 29.7 Å². The van der Waals surface area contributed by atoms with E-state index in [1.165, 1.54) is 5.39 Å². The molecule has 1 aromatic heterocycles. The van der Waals surface area contributed by atoms with Crippen molar-refractivity contribution in [2.75, 3.05) is 13.2 Å². The number of nitrogens with one attached hydrogen (secondary N) is 1. The summed E-state index contributed by atoms with van der Waals surface area (Å²) in [6.45, 7) is 3.85. The molecule has 3 rings (SSSR count). The first-order valence-electron chi connectivity index (χ1n) is 7.17. The summed E-state index contributed by atoms with van der Waals surface area (Å²) in [6.07, 6.45) is 2.34. The van der Waals surface area contributed by atoms with Gasteiger partial charge in [-0.05, 0) is 37.3 Å². The first kappa shape index (κ1) is 13.2. The molecule has 1 aromatic carbocycles. The van der Waals surface area contributed by atoms with Gasteiger partial charge >= 0.3 is 0 Å². The Morgan fingerprint density at radius 3 is 3.10 bits per heavy atom. The first-order chi connectivity index (χ1) is 9.74. The Morgan fingerprint density at radius 2 is 2.30 bits per heavy atom. The summed E-state index contributed by atoms with van der Waals surface area (Å²) >= 11 is 0. The molecule has 1 fully saturated rings. The average molecular weight is 272 g/mol. The molecule has 4 nitrogen and oxygen atoms in total. The monoisotopic (exact) mass is 272 g/mol. The molecule has 2 heterocycles. The molecule has 2 aromatic rings. The normalized spacial score (nSPS) is 18.6. The maximum atomic E-state index is 12.1. The minimum atomic E-state index is 0.0463. The van der Waals surface area contributed by atoms with Crippen molar-refractivity contribution in [2.45, 2.75) is 32.4 Å². The number of rotatable bonds is 4. The molecule has 1 N–H and O–H groups in total. The number of carbonyl (C=O) groups excluding carboxylic acids is 1. The molecule has 4 heteroatoms. The minimum Gasteiger partial charge on any atom is -0.376 e. The highest BCUT2D eigenvalue weighted by Gasteiger charge is 2.16. The average Bonchev–Trinajstić information content (AvgIpc) is 3.06. The molecule has 0 bridgehead atoms. The van der Waals surface area contributed by atoms with Crippen molar-refractivity contribution in [1.29, 1.82) is 0 Å². The molecule has 1 aliphatic rings. The van der Waals surface area contributed by atoms with Crippen molar-refractivity contribution in [3.63, 3.8) is 0 Å². The molecule has 20 heavy (non-hydrogen) atoms. The molecule has 0 saturated carbocycles. The van der Waals surface area contributed by atoms with Crippen LogP contribution >= 0.6 is 0 Å². The second-order valence-electron chi connectivity index (χ2n) is 5.37. The van der Waals surface area contributed by atoms with Gasteiger partial charge in [0.25, 0.3) is 0 Å². The van der Waals surface area contributed by atoms with Crippen molar-refractivity contribution in [1.82, 2.24) is 9.88 Å². The maximum Gasteiger partial charge on any atom is 0.240 e. The fourth-order valence-electron chi connectivity index (χ4n) is 2.79. The molecule has 106 valence electrons. The molecular formula is C16H20N2O2. The van der Waals surface area contributed by atoms with Gasteiger partial charge in [-0.3, -0.25) is 4.79 Å². The minimum absolute atomic E-state index is 0.0463. The molecule has 1 saturated heterocycles. The van der Waals surface area contributed by atoms with Gasteiger partial charge in [-0.1, -0.05) is 18.2 Å². The summed E-state index contributed by atoms with van der Waals surface area (Å²) in [5, 5.41) is 4.15. The SMILES string of the molecule is Cc1cc2ccccc2n1CC(=O)NC[C@H]1CCCO1. The Kier molecular flexibility index (Phi) is 3.74. The van der Waals surface area contributed by atoms with Crippen molar-refractivity contribution >= 4 is 16.8 Å². The van der Waals surface area contributed by atoms with E-state index in [4.69, 9.17) is 4.74 Å². The predicted molar refractivity (Wildman–Crippen MR) is 78.7 cm³/mol. The zero-order valence-corrected chi connectivity index (χ0v) is 11.8. The topological polar surface area (TPSA) is 43.3 Å². The highest BCUT2D eigenvalue weighted by Crippen LogP contribution is 2.18. The van der Waals surface area contributed by atoms with Crippen LogP contribution in [0.3, 0.4) is 0 Å². The zero-order valence-electron chi connectivity index (χ0n) is 11.8. The van der Waals surface area contributed by atoms with Gasteiger partial charge in [0.05, 0.1) is 6.10 Å². The molecule has 1 amide bonds. The number of amides is 1. The Morgan fingerprint density at radius 1 is 1.45 bits per heavy atom. The summed E-state index contributed by atoms with van der Waals surface area (Å²) < 4.78 is 7.57. The predicted octanol–water partition coefficient (Wildman–Crippen LogP) is 2.24. The number of carbonyl (C=O) groups is 1. The lowest BCUT2D eigenvalue weighted by molar-refractivity contribution is -0.122. The number of hydrogen-bond acceptors (Lipinski definition) is 2. The van der Waals surface area contributed by atoms with Gasteiger partial charge in [0.15, 0.2) is 0 Å². The van der Waals surface area contributed by atoms with Crippen LogP contribution in [-0.2, 0) is 16.1 Å². The Balaban J connectivity index is 1.66. The van der Waals surface area contributed by atoms with Gasteiger partial charge in [-0.2, -0.15) is 0 Å². The highest BCUT2D eigenvalue weighted by molar-refractivity contribution is 5.84. The Labute approximate surface area is 118 Å². The van der Waals surface area contributed by atoms with Crippen LogP contribution in [0.5, 0.6) is 0 Å². The number of aromatic nitrogens is 1. The van der Waals surface area contributed by atoms with Gasteiger partial charge in [-0.25, -0.2) is 0 Å². The van der Waals surface area contributed by atoms with E-state index in [0.29, 0.717) is 13.1 Å². The van der Waals surface area contributed by atoms with Crippen molar-refractivity contribution < 1.29 is 9.53 Å². The molecule has 1 aliphatic heterocycles. The van der Waals surface area contributed by atoms with Crippen LogP contribution in [0.4, 0.5) is 0 Å². The molecular weight excluding hydrogens is 252 g/mol. The Hall–Kier alpha value is -1.81. The fourth-order valence-corrected chi connectivity index (χ4v) is 2.79. The first-order valence-corrected chi connectivity index (χ1v) is 7.17. The lowest BCUT2D eigenvalue weighted by Gasteiger charge is -2.12. The zero-order chi connectivity index (χ0) is 13.9. The molecule has 0 radical (unpaired) electrons. The second-order valence-corrected chi connectivity index (χ2v) is 5.37. The molecule has 1 atom stereocenters. The van der Waals surface area contributed by atoms with E-state index in [1.807, 2.05) is 19.1 Å². The third-order valence-corrected chi connectivity index (χ3v) is 3.87. The number of hydrogen-bond donors (Lipinski definition) is 1. The number of nitrogens with zero attached hydrogens (tertiary/aromatic N) is 1. The van der Waals surface area contributed by atoms with Crippen LogP contribution in [0.15, 0.2) is 30.3 Å².